The summed E-state index contributed by atoms with van der Waals surface area (Å²) in [6.45, 7) is 1.91. The third-order valence-corrected chi connectivity index (χ3v) is 4.74. The molecule has 1 N–H and O–H groups in total. The molecule has 0 unspecified atom stereocenters. The van der Waals surface area contributed by atoms with E-state index in [1.54, 1.807) is 30.7 Å². The van der Waals surface area contributed by atoms with Crippen molar-refractivity contribution in [1.29, 1.82) is 0 Å². The number of hydrogen-bond acceptors (Lipinski definition) is 7. The zero-order valence-corrected chi connectivity index (χ0v) is 16.8. The minimum atomic E-state index is -0.658. The van der Waals surface area contributed by atoms with Crippen molar-refractivity contribution in [2.45, 2.75) is 6.92 Å². The van der Waals surface area contributed by atoms with E-state index in [4.69, 9.17) is 14.2 Å². The summed E-state index contributed by atoms with van der Waals surface area (Å²) in [5.74, 6) is 0.172. The van der Waals surface area contributed by atoms with E-state index in [0.717, 1.165) is 11.3 Å². The van der Waals surface area contributed by atoms with E-state index in [1.807, 2.05) is 37.3 Å². The van der Waals surface area contributed by atoms with Crippen LogP contribution in [0.2, 0.25) is 0 Å². The van der Waals surface area contributed by atoms with Gasteiger partial charge in [0.25, 0.3) is 5.91 Å². The number of anilines is 1. The maximum absolute atomic E-state index is 12.2. The van der Waals surface area contributed by atoms with Crippen LogP contribution in [0.15, 0.2) is 53.9 Å². The third kappa shape index (κ3) is 5.32. The summed E-state index contributed by atoms with van der Waals surface area (Å²) in [5, 5.41) is 4.95. The maximum atomic E-state index is 12.2. The van der Waals surface area contributed by atoms with Crippen molar-refractivity contribution in [3.63, 3.8) is 0 Å². The summed E-state index contributed by atoms with van der Waals surface area (Å²) in [5.41, 5.74) is 1.54. The van der Waals surface area contributed by atoms with E-state index in [9.17, 15) is 9.59 Å². The number of hydrogen-bond donors (Lipinski definition) is 1. The molecule has 0 aliphatic carbocycles. The van der Waals surface area contributed by atoms with Gasteiger partial charge in [-0.25, -0.2) is 9.78 Å². The molecule has 0 aliphatic rings. The van der Waals surface area contributed by atoms with E-state index < -0.39 is 18.5 Å². The topological polar surface area (TPSA) is 86.8 Å². The Kier molecular flexibility index (Phi) is 6.80. The average Bonchev–Trinajstić information content (AvgIpc) is 3.24. The van der Waals surface area contributed by atoms with Crippen molar-refractivity contribution < 1.29 is 23.8 Å². The monoisotopic (exact) mass is 412 g/mol. The van der Waals surface area contributed by atoms with Crippen LogP contribution in [-0.4, -0.2) is 37.2 Å². The van der Waals surface area contributed by atoms with Crippen molar-refractivity contribution >= 4 is 28.9 Å². The molecule has 2 aromatic carbocycles. The van der Waals surface area contributed by atoms with Crippen molar-refractivity contribution in [1.82, 2.24) is 4.98 Å². The number of aromatic nitrogens is 1. The molecule has 0 saturated carbocycles. The van der Waals surface area contributed by atoms with Gasteiger partial charge < -0.3 is 19.5 Å². The van der Waals surface area contributed by atoms with Gasteiger partial charge >= 0.3 is 5.97 Å². The molecule has 0 aliphatic heterocycles. The van der Waals surface area contributed by atoms with E-state index in [0.29, 0.717) is 23.1 Å². The summed E-state index contributed by atoms with van der Waals surface area (Å²) >= 11 is 1.32. The summed E-state index contributed by atoms with van der Waals surface area (Å²) in [6.07, 6.45) is 0. The molecule has 0 spiro atoms. The highest BCUT2D eigenvalue weighted by molar-refractivity contribution is 7.13. The molecule has 29 heavy (non-hydrogen) atoms. The van der Waals surface area contributed by atoms with Gasteiger partial charge in [-0.2, -0.15) is 0 Å². The second kappa shape index (κ2) is 9.70. The lowest BCUT2D eigenvalue weighted by atomic mass is 10.2. The Hall–Kier alpha value is -3.39. The average molecular weight is 412 g/mol. The number of methoxy groups -OCH3 is 1. The van der Waals surface area contributed by atoms with Gasteiger partial charge in [-0.05, 0) is 43.3 Å². The maximum Gasteiger partial charge on any atom is 0.358 e. The Balaban J connectivity index is 1.57. The van der Waals surface area contributed by atoms with Crippen molar-refractivity contribution in [3.8, 4) is 22.1 Å². The Bertz CT molecular complexity index is 985. The molecule has 7 nitrogen and oxygen atoms in total. The van der Waals surface area contributed by atoms with Gasteiger partial charge in [0.2, 0.25) is 0 Å². The number of nitrogens with one attached hydrogen (secondary N) is 1. The van der Waals surface area contributed by atoms with Crippen LogP contribution in [0, 0.1) is 0 Å². The first kappa shape index (κ1) is 20.3. The number of esters is 1. The molecule has 1 amide bonds. The molecule has 8 heteroatoms. The summed E-state index contributed by atoms with van der Waals surface area (Å²) in [4.78, 5) is 28.6. The molecule has 150 valence electrons. The number of rotatable bonds is 8. The first-order valence-electron chi connectivity index (χ1n) is 8.89. The van der Waals surface area contributed by atoms with Crippen LogP contribution < -0.4 is 14.8 Å². The molecule has 0 saturated heterocycles. The lowest BCUT2D eigenvalue weighted by molar-refractivity contribution is -0.119. The molecule has 1 aromatic heterocycles. The second-order valence-electron chi connectivity index (χ2n) is 5.82. The predicted molar refractivity (Wildman–Crippen MR) is 111 cm³/mol. The van der Waals surface area contributed by atoms with Gasteiger partial charge in [-0.3, -0.25) is 4.79 Å². The third-order valence-electron chi connectivity index (χ3n) is 3.85. The van der Waals surface area contributed by atoms with Crippen LogP contribution in [0.1, 0.15) is 17.4 Å². The summed E-state index contributed by atoms with van der Waals surface area (Å²) < 4.78 is 15.7. The lowest BCUT2D eigenvalue weighted by Crippen LogP contribution is -2.21. The summed E-state index contributed by atoms with van der Waals surface area (Å²) in [7, 11) is 1.60. The Morgan fingerprint density at radius 3 is 2.59 bits per heavy atom. The number of thiazole rings is 1. The zero-order valence-electron chi connectivity index (χ0n) is 16.0. The molecular weight excluding hydrogens is 392 g/mol. The van der Waals surface area contributed by atoms with Gasteiger partial charge in [-0.1, -0.05) is 12.1 Å². The number of amides is 1. The number of benzene rings is 2. The van der Waals surface area contributed by atoms with Crippen molar-refractivity contribution in [2.75, 3.05) is 25.6 Å². The van der Waals surface area contributed by atoms with E-state index in [-0.39, 0.29) is 5.69 Å². The minimum Gasteiger partial charge on any atom is -0.497 e. The van der Waals surface area contributed by atoms with Crippen LogP contribution in [0.4, 0.5) is 5.69 Å². The van der Waals surface area contributed by atoms with Gasteiger partial charge in [0, 0.05) is 10.9 Å². The van der Waals surface area contributed by atoms with Gasteiger partial charge in [-0.15, -0.1) is 11.3 Å². The van der Waals surface area contributed by atoms with Crippen molar-refractivity contribution in [2.24, 2.45) is 0 Å². The fourth-order valence-electron chi connectivity index (χ4n) is 2.48. The number of para-hydroxylation sites is 2. The fraction of sp³-hybridized carbons (Fsp3) is 0.190. The normalized spacial score (nSPS) is 10.3. The standard InChI is InChI=1S/C21H20N2O5S/c1-3-27-18-7-5-4-6-16(18)22-19(24)12-28-21(25)17-13-29-20(23-17)14-8-10-15(26-2)11-9-14/h4-11,13H,3,12H2,1-2H3,(H,22,24). The zero-order chi connectivity index (χ0) is 20.6. The number of carbonyl (C=O) groups is 2. The number of carbonyl (C=O) groups excluding carboxylic acids is 2. The highest BCUT2D eigenvalue weighted by Crippen LogP contribution is 2.26. The SMILES string of the molecule is CCOc1ccccc1NC(=O)COC(=O)c1csc(-c2ccc(OC)cc2)n1. The van der Waals surface area contributed by atoms with Crippen LogP contribution >= 0.6 is 11.3 Å². The lowest BCUT2D eigenvalue weighted by Gasteiger charge is -2.11. The molecular formula is C21H20N2O5S. The van der Waals surface area contributed by atoms with E-state index >= 15 is 0 Å². The fourth-order valence-corrected chi connectivity index (χ4v) is 3.27. The van der Waals surface area contributed by atoms with Crippen LogP contribution in [-0.2, 0) is 9.53 Å². The predicted octanol–water partition coefficient (Wildman–Crippen LogP) is 4.01. The molecule has 1 heterocycles. The summed E-state index contributed by atoms with van der Waals surface area (Å²) in [6, 6.07) is 14.4. The van der Waals surface area contributed by atoms with Gasteiger partial charge in [0.05, 0.1) is 19.4 Å². The molecule has 0 bridgehead atoms. The molecule has 0 radical (unpaired) electrons. The number of ether oxygens (including phenoxy) is 3. The molecule has 0 fully saturated rings. The minimum absolute atomic E-state index is 0.156. The highest BCUT2D eigenvalue weighted by atomic mass is 32.1. The van der Waals surface area contributed by atoms with E-state index in [2.05, 4.69) is 10.3 Å². The number of nitrogens with zero attached hydrogens (tertiary/aromatic N) is 1. The second-order valence-corrected chi connectivity index (χ2v) is 6.68. The Morgan fingerprint density at radius 2 is 1.86 bits per heavy atom. The van der Waals surface area contributed by atoms with Gasteiger partial charge in [0.1, 0.15) is 16.5 Å². The van der Waals surface area contributed by atoms with E-state index in [1.165, 1.54) is 11.3 Å². The van der Waals surface area contributed by atoms with Crippen LogP contribution in [0.3, 0.4) is 0 Å². The van der Waals surface area contributed by atoms with Crippen molar-refractivity contribution in [3.05, 3.63) is 59.6 Å². The Labute approximate surface area is 172 Å². The van der Waals surface area contributed by atoms with Crippen LogP contribution in [0.5, 0.6) is 11.5 Å². The van der Waals surface area contributed by atoms with Gasteiger partial charge in [0.15, 0.2) is 12.3 Å². The first-order valence-corrected chi connectivity index (χ1v) is 9.77. The quantitative estimate of drug-likeness (QED) is 0.563. The molecule has 3 aromatic rings. The highest BCUT2D eigenvalue weighted by Gasteiger charge is 2.16. The molecule has 0 atom stereocenters. The largest absolute Gasteiger partial charge is 0.497 e. The van der Waals surface area contributed by atoms with Crippen LogP contribution in [0.25, 0.3) is 10.6 Å². The Morgan fingerprint density at radius 1 is 1.10 bits per heavy atom. The molecule has 3 rings (SSSR count). The smallest absolute Gasteiger partial charge is 0.358 e. The first-order chi connectivity index (χ1) is 14.1.